The van der Waals surface area contributed by atoms with Gasteiger partial charge in [0.2, 0.25) is 22.5 Å². The summed E-state index contributed by atoms with van der Waals surface area (Å²) in [5.74, 6) is 0.872. The van der Waals surface area contributed by atoms with Crippen molar-refractivity contribution in [1.82, 2.24) is 0 Å². The zero-order chi connectivity index (χ0) is 22.9. The number of carbonyl (C=O) groups excluding carboxylic acids is 1. The number of rotatable bonds is 6. The van der Waals surface area contributed by atoms with E-state index in [0.29, 0.717) is 28.4 Å². The predicted molar refractivity (Wildman–Crippen MR) is 123 cm³/mol. The highest BCUT2D eigenvalue weighted by Gasteiger charge is 2.22. The third kappa shape index (κ3) is 4.51. The number of hydrogen-bond acceptors (Lipinski definition) is 6. The van der Waals surface area contributed by atoms with Crippen LogP contribution in [0.3, 0.4) is 0 Å². The molecule has 7 nitrogen and oxygen atoms in total. The van der Waals surface area contributed by atoms with Gasteiger partial charge in [-0.25, -0.2) is 8.42 Å². The Kier molecular flexibility index (Phi) is 5.99. The van der Waals surface area contributed by atoms with E-state index in [-0.39, 0.29) is 34.1 Å². The smallest absolute Gasteiger partial charge is 0.243 e. The molecule has 0 unspecified atom stereocenters. The number of sulfone groups is 1. The van der Waals surface area contributed by atoms with Crippen molar-refractivity contribution in [3.63, 3.8) is 0 Å². The summed E-state index contributed by atoms with van der Waals surface area (Å²) in [7, 11) is -3.78. The van der Waals surface area contributed by atoms with Gasteiger partial charge in [0.25, 0.3) is 0 Å². The van der Waals surface area contributed by atoms with Crippen molar-refractivity contribution >= 4 is 38.7 Å². The number of halogens is 1. The second kappa shape index (κ2) is 8.72. The Morgan fingerprint density at radius 2 is 1.72 bits per heavy atom. The topological polar surface area (TPSA) is 93.7 Å². The third-order valence-corrected chi connectivity index (χ3v) is 7.16. The van der Waals surface area contributed by atoms with Crippen molar-refractivity contribution in [3.05, 3.63) is 70.7 Å². The number of nitrogens with one attached hydrogen (secondary N) is 2. The van der Waals surface area contributed by atoms with Crippen molar-refractivity contribution in [2.24, 2.45) is 0 Å². The molecule has 4 rings (SSSR count). The standard InChI is InChI=1S/C23H21ClN2O5S/c1-14-3-6-18(7-4-14)32(28,29)22-10-16(24)9-19(15(22)2)25-12-23(27)26-17-5-8-20-21(11-17)31-13-30-20/h3-11,25H,12-13H2,1-2H3,(H,26,27). The summed E-state index contributed by atoms with van der Waals surface area (Å²) in [6.07, 6.45) is 0. The number of anilines is 2. The summed E-state index contributed by atoms with van der Waals surface area (Å²) in [6, 6.07) is 14.7. The number of aryl methyl sites for hydroxylation is 1. The SMILES string of the molecule is Cc1ccc(S(=O)(=O)c2cc(Cl)cc(NCC(=O)Nc3ccc4c(c3)OCO4)c2C)cc1. The highest BCUT2D eigenvalue weighted by atomic mass is 35.5. The van der Waals surface area contributed by atoms with Crippen LogP contribution in [0.4, 0.5) is 11.4 Å². The van der Waals surface area contributed by atoms with Crippen LogP contribution >= 0.6 is 11.6 Å². The molecule has 1 aliphatic rings. The van der Waals surface area contributed by atoms with E-state index < -0.39 is 9.84 Å². The van der Waals surface area contributed by atoms with Gasteiger partial charge in [0.15, 0.2) is 11.5 Å². The zero-order valence-corrected chi connectivity index (χ0v) is 19.0. The van der Waals surface area contributed by atoms with Crippen molar-refractivity contribution < 1.29 is 22.7 Å². The minimum atomic E-state index is -3.78. The second-order valence-electron chi connectivity index (χ2n) is 7.36. The van der Waals surface area contributed by atoms with Gasteiger partial charge < -0.3 is 20.1 Å². The molecule has 32 heavy (non-hydrogen) atoms. The van der Waals surface area contributed by atoms with Crippen LogP contribution in [0.25, 0.3) is 0 Å². The summed E-state index contributed by atoms with van der Waals surface area (Å²) in [5, 5.41) is 6.00. The van der Waals surface area contributed by atoms with E-state index in [1.54, 1.807) is 55.5 Å². The summed E-state index contributed by atoms with van der Waals surface area (Å²) >= 11 is 6.21. The summed E-state index contributed by atoms with van der Waals surface area (Å²) in [4.78, 5) is 12.7. The molecule has 1 aliphatic heterocycles. The lowest BCUT2D eigenvalue weighted by Gasteiger charge is -2.15. The van der Waals surface area contributed by atoms with Gasteiger partial charge in [-0.05, 0) is 55.8 Å². The molecule has 0 atom stereocenters. The van der Waals surface area contributed by atoms with Gasteiger partial charge in [0.1, 0.15) is 0 Å². The maximum absolute atomic E-state index is 13.2. The van der Waals surface area contributed by atoms with Gasteiger partial charge in [0, 0.05) is 22.5 Å². The highest BCUT2D eigenvalue weighted by Crippen LogP contribution is 2.34. The highest BCUT2D eigenvalue weighted by molar-refractivity contribution is 7.91. The Morgan fingerprint density at radius 1 is 1.00 bits per heavy atom. The van der Waals surface area contributed by atoms with E-state index in [4.69, 9.17) is 21.1 Å². The Balaban J connectivity index is 1.51. The van der Waals surface area contributed by atoms with Crippen LogP contribution in [0, 0.1) is 13.8 Å². The molecule has 0 aromatic heterocycles. The molecule has 1 amide bonds. The first-order valence-corrected chi connectivity index (χ1v) is 11.7. The Labute approximate surface area is 191 Å². The van der Waals surface area contributed by atoms with E-state index in [2.05, 4.69) is 10.6 Å². The van der Waals surface area contributed by atoms with Gasteiger partial charge >= 0.3 is 0 Å². The van der Waals surface area contributed by atoms with Crippen molar-refractivity contribution in [2.45, 2.75) is 23.6 Å². The zero-order valence-electron chi connectivity index (χ0n) is 17.4. The van der Waals surface area contributed by atoms with Crippen LogP contribution < -0.4 is 20.1 Å². The monoisotopic (exact) mass is 472 g/mol. The lowest BCUT2D eigenvalue weighted by Crippen LogP contribution is -2.22. The maximum Gasteiger partial charge on any atom is 0.243 e. The minimum Gasteiger partial charge on any atom is -0.454 e. The van der Waals surface area contributed by atoms with E-state index in [0.717, 1.165) is 5.56 Å². The predicted octanol–water partition coefficient (Wildman–Crippen LogP) is 4.57. The number of ether oxygens (including phenoxy) is 2. The van der Waals surface area contributed by atoms with Crippen LogP contribution in [0.1, 0.15) is 11.1 Å². The fraction of sp³-hybridized carbons (Fsp3) is 0.174. The molecular weight excluding hydrogens is 452 g/mol. The molecule has 0 fully saturated rings. The van der Waals surface area contributed by atoms with Crippen LogP contribution in [0.15, 0.2) is 64.4 Å². The molecule has 0 aliphatic carbocycles. The first kappa shape index (κ1) is 22.0. The van der Waals surface area contributed by atoms with Crippen molar-refractivity contribution in [1.29, 1.82) is 0 Å². The number of fused-ring (bicyclic) bond motifs is 1. The number of benzene rings is 3. The quantitative estimate of drug-likeness (QED) is 0.546. The van der Waals surface area contributed by atoms with Gasteiger partial charge in [0.05, 0.1) is 16.3 Å². The fourth-order valence-electron chi connectivity index (χ4n) is 3.32. The van der Waals surface area contributed by atoms with Crippen LogP contribution in [0.5, 0.6) is 11.5 Å². The molecule has 1 heterocycles. The summed E-state index contributed by atoms with van der Waals surface area (Å²) in [6.45, 7) is 3.63. The number of hydrogen-bond donors (Lipinski definition) is 2. The normalized spacial score (nSPS) is 12.5. The molecule has 166 valence electrons. The molecule has 0 spiro atoms. The first-order valence-electron chi connectivity index (χ1n) is 9.79. The fourth-order valence-corrected chi connectivity index (χ4v) is 5.14. The molecule has 0 saturated carbocycles. The summed E-state index contributed by atoms with van der Waals surface area (Å²) < 4.78 is 36.9. The maximum atomic E-state index is 13.2. The van der Waals surface area contributed by atoms with E-state index in [1.807, 2.05) is 6.92 Å². The van der Waals surface area contributed by atoms with Crippen molar-refractivity contribution in [3.8, 4) is 11.5 Å². The molecule has 3 aromatic rings. The molecule has 0 bridgehead atoms. The van der Waals surface area contributed by atoms with Gasteiger partial charge in [-0.15, -0.1) is 0 Å². The van der Waals surface area contributed by atoms with E-state index in [1.165, 1.54) is 6.07 Å². The molecule has 0 saturated heterocycles. The van der Waals surface area contributed by atoms with Crippen molar-refractivity contribution in [2.75, 3.05) is 24.0 Å². The molecule has 9 heteroatoms. The first-order chi connectivity index (χ1) is 15.2. The number of amides is 1. The molecule has 2 N–H and O–H groups in total. The Hall–Kier alpha value is -3.23. The Bertz CT molecular complexity index is 1290. The van der Waals surface area contributed by atoms with E-state index >= 15 is 0 Å². The van der Waals surface area contributed by atoms with Gasteiger partial charge in [-0.2, -0.15) is 0 Å². The van der Waals surface area contributed by atoms with Gasteiger partial charge in [-0.1, -0.05) is 29.3 Å². The van der Waals surface area contributed by atoms with Crippen LogP contribution in [-0.4, -0.2) is 27.7 Å². The molecule has 3 aromatic carbocycles. The average molecular weight is 473 g/mol. The van der Waals surface area contributed by atoms with Crippen LogP contribution in [0.2, 0.25) is 5.02 Å². The molecular formula is C23H21ClN2O5S. The largest absolute Gasteiger partial charge is 0.454 e. The minimum absolute atomic E-state index is 0.0837. The lowest BCUT2D eigenvalue weighted by atomic mass is 10.2. The van der Waals surface area contributed by atoms with E-state index in [9.17, 15) is 13.2 Å². The second-order valence-corrected chi connectivity index (χ2v) is 9.72. The van der Waals surface area contributed by atoms with Gasteiger partial charge in [-0.3, -0.25) is 4.79 Å². The summed E-state index contributed by atoms with van der Waals surface area (Å²) in [5.41, 5.74) is 2.46. The lowest BCUT2D eigenvalue weighted by molar-refractivity contribution is -0.114. The molecule has 0 radical (unpaired) electrons. The third-order valence-electron chi connectivity index (χ3n) is 5.04. The van der Waals surface area contributed by atoms with Crippen LogP contribution in [-0.2, 0) is 14.6 Å². The Morgan fingerprint density at radius 3 is 2.47 bits per heavy atom. The number of carbonyl (C=O) groups is 1. The average Bonchev–Trinajstić information content (AvgIpc) is 3.22.